The summed E-state index contributed by atoms with van der Waals surface area (Å²) in [6, 6.07) is 8.71. The molecule has 0 fully saturated rings. The van der Waals surface area contributed by atoms with E-state index in [2.05, 4.69) is 45.0 Å². The van der Waals surface area contributed by atoms with E-state index in [0.717, 1.165) is 32.1 Å². The summed E-state index contributed by atoms with van der Waals surface area (Å²) in [5, 5.41) is 5.50. The van der Waals surface area contributed by atoms with Crippen molar-refractivity contribution >= 4 is 5.96 Å². The normalized spacial score (nSPS) is 20.1. The molecule has 1 aromatic carbocycles. The molecule has 0 unspecified atom stereocenters. The Labute approximate surface area is 102 Å². The standard InChI is InChI=1S/C13H18N4/c1-2-5-12-10-17(9-3-6-11(12)4-1)16-13-14-7-8-15-13/h1-2,4-5H,3,6-10H2,(H2,14,15,16). The van der Waals surface area contributed by atoms with Crippen LogP contribution in [-0.4, -0.2) is 30.6 Å². The van der Waals surface area contributed by atoms with E-state index in [1.165, 1.54) is 24.0 Å². The molecule has 0 saturated carbocycles. The molecule has 0 saturated heterocycles. The molecule has 0 aromatic heterocycles. The van der Waals surface area contributed by atoms with Gasteiger partial charge in [0.15, 0.2) is 0 Å². The number of nitrogens with one attached hydrogen (secondary N) is 2. The molecule has 1 aromatic rings. The molecular weight excluding hydrogens is 212 g/mol. The van der Waals surface area contributed by atoms with Crippen LogP contribution in [-0.2, 0) is 13.0 Å². The first kappa shape index (κ1) is 10.6. The number of hydrogen-bond donors (Lipinski definition) is 2. The van der Waals surface area contributed by atoms with Crippen molar-refractivity contribution in [3.05, 3.63) is 35.4 Å². The first-order chi connectivity index (χ1) is 8.42. The Hall–Kier alpha value is -1.55. The van der Waals surface area contributed by atoms with Crippen molar-refractivity contribution in [3.63, 3.8) is 0 Å². The number of aryl methyl sites for hydroxylation is 1. The smallest absolute Gasteiger partial charge is 0.206 e. The molecule has 2 heterocycles. The predicted octanol–water partition coefficient (Wildman–Crippen LogP) is 0.899. The third-order valence-electron chi connectivity index (χ3n) is 3.29. The van der Waals surface area contributed by atoms with Crippen LogP contribution in [0.5, 0.6) is 0 Å². The van der Waals surface area contributed by atoms with E-state index in [1.807, 2.05) is 0 Å². The molecular formula is C13H18N4. The lowest BCUT2D eigenvalue weighted by atomic mass is 10.0. The Morgan fingerprint density at radius 3 is 2.94 bits per heavy atom. The summed E-state index contributed by atoms with van der Waals surface area (Å²) in [7, 11) is 0. The van der Waals surface area contributed by atoms with Gasteiger partial charge in [-0.1, -0.05) is 24.3 Å². The van der Waals surface area contributed by atoms with E-state index in [9.17, 15) is 0 Å². The summed E-state index contributed by atoms with van der Waals surface area (Å²) in [5.74, 6) is 0.921. The second-order valence-corrected chi connectivity index (χ2v) is 4.56. The van der Waals surface area contributed by atoms with Crippen molar-refractivity contribution in [2.24, 2.45) is 4.99 Å². The summed E-state index contributed by atoms with van der Waals surface area (Å²) >= 11 is 0. The average molecular weight is 230 g/mol. The van der Waals surface area contributed by atoms with Gasteiger partial charge >= 0.3 is 0 Å². The lowest BCUT2D eigenvalue weighted by Crippen LogP contribution is -2.46. The first-order valence-corrected chi connectivity index (χ1v) is 6.28. The van der Waals surface area contributed by atoms with E-state index in [-0.39, 0.29) is 0 Å². The highest BCUT2D eigenvalue weighted by molar-refractivity contribution is 5.80. The van der Waals surface area contributed by atoms with Crippen molar-refractivity contribution < 1.29 is 0 Å². The van der Waals surface area contributed by atoms with Gasteiger partial charge in [0.25, 0.3) is 0 Å². The van der Waals surface area contributed by atoms with Crippen LogP contribution in [0.1, 0.15) is 17.5 Å². The monoisotopic (exact) mass is 230 g/mol. The van der Waals surface area contributed by atoms with Crippen LogP contribution in [0, 0.1) is 0 Å². The van der Waals surface area contributed by atoms with Gasteiger partial charge in [0.1, 0.15) is 0 Å². The molecule has 0 amide bonds. The van der Waals surface area contributed by atoms with Crippen LogP contribution in [0.15, 0.2) is 29.3 Å². The van der Waals surface area contributed by atoms with Crippen LogP contribution in [0.3, 0.4) is 0 Å². The maximum atomic E-state index is 4.37. The maximum absolute atomic E-state index is 4.37. The number of benzene rings is 1. The molecule has 0 bridgehead atoms. The summed E-state index contributed by atoms with van der Waals surface area (Å²) in [4.78, 5) is 4.37. The van der Waals surface area contributed by atoms with E-state index in [4.69, 9.17) is 0 Å². The highest BCUT2D eigenvalue weighted by Crippen LogP contribution is 2.17. The van der Waals surface area contributed by atoms with Gasteiger partial charge in [0, 0.05) is 19.6 Å². The van der Waals surface area contributed by atoms with Gasteiger partial charge in [-0.05, 0) is 24.0 Å². The average Bonchev–Trinajstić information content (AvgIpc) is 2.76. The quantitative estimate of drug-likeness (QED) is 0.753. The molecule has 2 N–H and O–H groups in total. The van der Waals surface area contributed by atoms with Crippen molar-refractivity contribution in [1.82, 2.24) is 15.8 Å². The minimum atomic E-state index is 0.882. The van der Waals surface area contributed by atoms with Crippen molar-refractivity contribution in [2.75, 3.05) is 19.6 Å². The number of fused-ring (bicyclic) bond motifs is 1. The highest BCUT2D eigenvalue weighted by atomic mass is 15.6. The number of hydrogen-bond acceptors (Lipinski definition) is 4. The van der Waals surface area contributed by atoms with Crippen molar-refractivity contribution in [3.8, 4) is 0 Å². The molecule has 3 rings (SSSR count). The van der Waals surface area contributed by atoms with Gasteiger partial charge in [-0.25, -0.2) is 5.01 Å². The Bertz CT molecular complexity index is 427. The molecule has 0 atom stereocenters. The molecule has 0 spiro atoms. The van der Waals surface area contributed by atoms with Crippen LogP contribution in [0.25, 0.3) is 0 Å². The van der Waals surface area contributed by atoms with E-state index < -0.39 is 0 Å². The van der Waals surface area contributed by atoms with E-state index in [0.29, 0.717) is 0 Å². The summed E-state index contributed by atoms with van der Waals surface area (Å²) < 4.78 is 0. The molecule has 0 radical (unpaired) electrons. The molecule has 4 nitrogen and oxygen atoms in total. The van der Waals surface area contributed by atoms with Crippen LogP contribution < -0.4 is 10.7 Å². The Balaban J connectivity index is 1.71. The summed E-state index contributed by atoms with van der Waals surface area (Å²) in [6.07, 6.45) is 2.37. The third kappa shape index (κ3) is 2.42. The first-order valence-electron chi connectivity index (χ1n) is 6.28. The lowest BCUT2D eigenvalue weighted by molar-refractivity contribution is 0.227. The van der Waals surface area contributed by atoms with Crippen LogP contribution in [0.4, 0.5) is 0 Å². The fraction of sp³-hybridized carbons (Fsp3) is 0.462. The molecule has 90 valence electrons. The van der Waals surface area contributed by atoms with Crippen molar-refractivity contribution in [2.45, 2.75) is 19.4 Å². The summed E-state index contributed by atoms with van der Waals surface area (Å²) in [6.45, 7) is 3.85. The van der Waals surface area contributed by atoms with Gasteiger partial charge in [0.2, 0.25) is 5.96 Å². The minimum absolute atomic E-state index is 0.882. The van der Waals surface area contributed by atoms with Gasteiger partial charge in [-0.15, -0.1) is 0 Å². The fourth-order valence-corrected chi connectivity index (χ4v) is 2.42. The zero-order valence-corrected chi connectivity index (χ0v) is 9.95. The zero-order chi connectivity index (χ0) is 11.5. The number of nitrogens with zero attached hydrogens (tertiary/aromatic N) is 2. The molecule has 2 aliphatic rings. The molecule has 17 heavy (non-hydrogen) atoms. The molecule has 0 aliphatic carbocycles. The Morgan fingerprint density at radius 1 is 1.24 bits per heavy atom. The minimum Gasteiger partial charge on any atom is -0.353 e. The number of guanidine groups is 1. The number of aliphatic imine (C=N–C) groups is 1. The lowest BCUT2D eigenvalue weighted by Gasteiger charge is -2.22. The SMILES string of the molecule is c1ccc2c(c1)CCCN(NC1=NCCN1)C2. The third-order valence-corrected chi connectivity index (χ3v) is 3.29. The van der Waals surface area contributed by atoms with Crippen LogP contribution >= 0.6 is 0 Å². The Kier molecular flexibility index (Phi) is 2.96. The maximum Gasteiger partial charge on any atom is 0.206 e. The zero-order valence-electron chi connectivity index (χ0n) is 9.95. The second-order valence-electron chi connectivity index (χ2n) is 4.56. The van der Waals surface area contributed by atoms with Gasteiger partial charge in [0.05, 0.1) is 6.54 Å². The highest BCUT2D eigenvalue weighted by Gasteiger charge is 2.15. The Morgan fingerprint density at radius 2 is 2.12 bits per heavy atom. The second kappa shape index (κ2) is 4.75. The largest absolute Gasteiger partial charge is 0.353 e. The van der Waals surface area contributed by atoms with Gasteiger partial charge in [-0.3, -0.25) is 10.4 Å². The van der Waals surface area contributed by atoms with Gasteiger partial charge < -0.3 is 5.32 Å². The topological polar surface area (TPSA) is 39.7 Å². The predicted molar refractivity (Wildman–Crippen MR) is 68.6 cm³/mol. The molecule has 4 heteroatoms. The number of rotatable bonds is 1. The summed E-state index contributed by atoms with van der Waals surface area (Å²) in [5.41, 5.74) is 6.28. The van der Waals surface area contributed by atoms with Crippen molar-refractivity contribution in [1.29, 1.82) is 0 Å². The molecule has 2 aliphatic heterocycles. The van der Waals surface area contributed by atoms with Crippen LogP contribution in [0.2, 0.25) is 0 Å². The van der Waals surface area contributed by atoms with Gasteiger partial charge in [-0.2, -0.15) is 0 Å². The van der Waals surface area contributed by atoms with E-state index in [1.54, 1.807) is 0 Å². The number of hydrazine groups is 1. The van der Waals surface area contributed by atoms with E-state index >= 15 is 0 Å². The fourth-order valence-electron chi connectivity index (χ4n) is 2.42.